The topological polar surface area (TPSA) is 0 Å². The number of rotatable bonds is 2. The fourth-order valence-electron chi connectivity index (χ4n) is 2.68. The van der Waals surface area contributed by atoms with Gasteiger partial charge in [0, 0.05) is 5.03 Å². The Kier molecular flexibility index (Phi) is 3.70. The van der Waals surface area contributed by atoms with E-state index in [1.54, 1.807) is 0 Å². The van der Waals surface area contributed by atoms with Crippen LogP contribution < -0.4 is 0 Å². The monoisotopic (exact) mass is 268 g/mol. The molecule has 1 heteroatoms. The summed E-state index contributed by atoms with van der Waals surface area (Å²) in [6.45, 7) is 0. The lowest BCUT2D eigenvalue weighted by molar-refractivity contribution is 0.898. The fraction of sp³-hybridized carbons (Fsp3) is 0.222. The van der Waals surface area contributed by atoms with E-state index in [0.29, 0.717) is 0 Å². The van der Waals surface area contributed by atoms with Crippen LogP contribution in [0.1, 0.15) is 31.2 Å². The zero-order valence-corrected chi connectivity index (χ0v) is 11.7. The Hall–Kier alpha value is -1.53. The van der Waals surface area contributed by atoms with Crippen LogP contribution in [0.5, 0.6) is 0 Å². The summed E-state index contributed by atoms with van der Waals surface area (Å²) in [5.41, 5.74) is 5.71. The predicted octanol–water partition coefficient (Wildman–Crippen LogP) is 5.63. The Balaban J connectivity index is 1.82. The Morgan fingerprint density at radius 2 is 1.21 bits per heavy atom. The first-order chi connectivity index (χ1) is 9.33. The summed E-state index contributed by atoms with van der Waals surface area (Å²) < 4.78 is 0. The van der Waals surface area contributed by atoms with Gasteiger partial charge in [-0.05, 0) is 54.0 Å². The molecule has 96 valence electrons. The number of hydrogen-bond donors (Lipinski definition) is 0. The van der Waals surface area contributed by atoms with Crippen molar-refractivity contribution in [2.75, 3.05) is 0 Å². The molecular weight excluding hydrogens is 252 g/mol. The number of hydrogen-bond acceptors (Lipinski definition) is 0. The Morgan fingerprint density at radius 1 is 0.632 bits per heavy atom. The van der Waals surface area contributed by atoms with Gasteiger partial charge in [-0.1, -0.05) is 60.2 Å². The lowest BCUT2D eigenvalue weighted by atomic mass is 9.87. The first kappa shape index (κ1) is 12.5. The number of halogens is 1. The summed E-state index contributed by atoms with van der Waals surface area (Å²) in [5.74, 6) is 0. The molecule has 0 atom stereocenters. The van der Waals surface area contributed by atoms with E-state index < -0.39 is 0 Å². The molecule has 2 aliphatic rings. The smallest absolute Gasteiger partial charge is 0.0184 e. The van der Waals surface area contributed by atoms with Crippen molar-refractivity contribution < 1.29 is 0 Å². The molecular formula is C18H17Cl. The van der Waals surface area contributed by atoms with Crippen LogP contribution in [0.15, 0.2) is 70.8 Å². The third-order valence-electron chi connectivity index (χ3n) is 3.80. The second kappa shape index (κ2) is 5.63. The molecule has 1 aromatic rings. The molecule has 0 aromatic heterocycles. The molecule has 0 nitrogen and oxygen atoms in total. The highest BCUT2D eigenvalue weighted by atomic mass is 35.5. The van der Waals surface area contributed by atoms with Gasteiger partial charge in [0.1, 0.15) is 0 Å². The van der Waals surface area contributed by atoms with Crippen molar-refractivity contribution >= 4 is 17.2 Å². The van der Waals surface area contributed by atoms with Gasteiger partial charge in [-0.15, -0.1) is 0 Å². The molecule has 0 radical (unpaired) electrons. The van der Waals surface area contributed by atoms with Crippen LogP contribution in [0.2, 0.25) is 0 Å². The maximum absolute atomic E-state index is 6.01. The van der Waals surface area contributed by atoms with Crippen LogP contribution in [0.4, 0.5) is 0 Å². The van der Waals surface area contributed by atoms with Gasteiger partial charge in [0.2, 0.25) is 0 Å². The highest BCUT2D eigenvalue weighted by Gasteiger charge is 2.13. The van der Waals surface area contributed by atoms with Gasteiger partial charge >= 0.3 is 0 Å². The van der Waals surface area contributed by atoms with E-state index in [9.17, 15) is 0 Å². The molecule has 0 saturated heterocycles. The van der Waals surface area contributed by atoms with Crippen LogP contribution in [0, 0.1) is 0 Å². The lowest BCUT2D eigenvalue weighted by Crippen LogP contribution is -1.99. The first-order valence-electron chi connectivity index (χ1n) is 6.84. The second-order valence-corrected chi connectivity index (χ2v) is 5.54. The zero-order chi connectivity index (χ0) is 13.1. The summed E-state index contributed by atoms with van der Waals surface area (Å²) >= 11 is 6.01. The molecule has 1 aromatic carbocycles. The zero-order valence-electron chi connectivity index (χ0n) is 10.9. The normalized spacial score (nSPS) is 19.2. The molecule has 0 fully saturated rings. The van der Waals surface area contributed by atoms with E-state index in [0.717, 1.165) is 30.7 Å². The van der Waals surface area contributed by atoms with Gasteiger partial charge in [0.25, 0.3) is 0 Å². The maximum Gasteiger partial charge on any atom is 0.0184 e. The van der Waals surface area contributed by atoms with Crippen molar-refractivity contribution in [3.63, 3.8) is 0 Å². The largest absolute Gasteiger partial charge is 0.0891 e. The second-order valence-electron chi connectivity index (χ2n) is 5.06. The summed E-state index contributed by atoms with van der Waals surface area (Å²) in [4.78, 5) is 0. The number of benzene rings is 1. The fourth-order valence-corrected chi connectivity index (χ4v) is 2.83. The minimum Gasteiger partial charge on any atom is -0.0891 e. The number of allylic oxidation sites excluding steroid dienone is 8. The highest BCUT2D eigenvalue weighted by Crippen LogP contribution is 2.33. The van der Waals surface area contributed by atoms with Gasteiger partial charge in [-0.2, -0.15) is 0 Å². The van der Waals surface area contributed by atoms with Crippen LogP contribution in [0.25, 0.3) is 5.57 Å². The van der Waals surface area contributed by atoms with Gasteiger partial charge in [-0.3, -0.25) is 0 Å². The van der Waals surface area contributed by atoms with E-state index in [1.165, 1.54) is 22.3 Å². The quantitative estimate of drug-likeness (QED) is 0.652. The van der Waals surface area contributed by atoms with E-state index in [-0.39, 0.29) is 0 Å². The standard InChI is InChI=1S/C18H17Cl/c19-18-12-10-17(11-13-18)16-8-6-15(7-9-16)14-4-2-1-3-5-14/h1-6,8,10,12H,7,9,11,13H2. The molecule has 0 saturated carbocycles. The van der Waals surface area contributed by atoms with Crippen molar-refractivity contribution in [1.29, 1.82) is 0 Å². The van der Waals surface area contributed by atoms with Gasteiger partial charge in [0.15, 0.2) is 0 Å². The molecule has 0 amide bonds. The molecule has 0 heterocycles. The van der Waals surface area contributed by atoms with Crippen molar-refractivity contribution in [3.05, 3.63) is 76.4 Å². The lowest BCUT2D eigenvalue weighted by Gasteiger charge is -2.19. The molecule has 3 rings (SSSR count). The van der Waals surface area contributed by atoms with Gasteiger partial charge < -0.3 is 0 Å². The van der Waals surface area contributed by atoms with E-state index in [1.807, 2.05) is 6.08 Å². The molecule has 0 aliphatic heterocycles. The third kappa shape index (κ3) is 2.90. The highest BCUT2D eigenvalue weighted by molar-refractivity contribution is 6.29. The van der Waals surface area contributed by atoms with Crippen molar-refractivity contribution in [2.45, 2.75) is 25.7 Å². The molecule has 19 heavy (non-hydrogen) atoms. The van der Waals surface area contributed by atoms with Gasteiger partial charge in [-0.25, -0.2) is 0 Å². The van der Waals surface area contributed by atoms with Crippen molar-refractivity contribution in [2.24, 2.45) is 0 Å². The molecule has 2 aliphatic carbocycles. The van der Waals surface area contributed by atoms with E-state index in [2.05, 4.69) is 48.6 Å². The average Bonchev–Trinajstić information content (AvgIpc) is 2.49. The van der Waals surface area contributed by atoms with Crippen molar-refractivity contribution in [1.82, 2.24) is 0 Å². The maximum atomic E-state index is 6.01. The first-order valence-corrected chi connectivity index (χ1v) is 7.21. The SMILES string of the molecule is ClC1=CC=C(C2=CC=C(c3ccccc3)CC2)CC1. The van der Waals surface area contributed by atoms with E-state index in [4.69, 9.17) is 11.6 Å². The van der Waals surface area contributed by atoms with Crippen LogP contribution >= 0.6 is 11.6 Å². The average molecular weight is 269 g/mol. The summed E-state index contributed by atoms with van der Waals surface area (Å²) in [6.07, 6.45) is 13.1. The van der Waals surface area contributed by atoms with Crippen LogP contribution in [0.3, 0.4) is 0 Å². The minimum absolute atomic E-state index is 0.973. The minimum atomic E-state index is 0.973. The molecule has 0 bridgehead atoms. The Labute approximate surface area is 119 Å². The summed E-state index contributed by atoms with van der Waals surface area (Å²) in [5, 5.41) is 0.973. The summed E-state index contributed by atoms with van der Waals surface area (Å²) in [7, 11) is 0. The predicted molar refractivity (Wildman–Crippen MR) is 83.0 cm³/mol. The third-order valence-corrected chi connectivity index (χ3v) is 4.12. The van der Waals surface area contributed by atoms with Crippen molar-refractivity contribution in [3.8, 4) is 0 Å². The summed E-state index contributed by atoms with van der Waals surface area (Å²) in [6, 6.07) is 10.6. The Bertz CT molecular complexity index is 585. The van der Waals surface area contributed by atoms with Crippen LogP contribution in [-0.4, -0.2) is 0 Å². The molecule has 0 N–H and O–H groups in total. The van der Waals surface area contributed by atoms with Gasteiger partial charge in [0.05, 0.1) is 0 Å². The van der Waals surface area contributed by atoms with Crippen LogP contribution in [-0.2, 0) is 0 Å². The molecule has 0 unspecified atom stereocenters. The molecule has 0 spiro atoms. The Morgan fingerprint density at radius 3 is 1.79 bits per heavy atom. The van der Waals surface area contributed by atoms with E-state index >= 15 is 0 Å².